The molecule has 0 rings (SSSR count). The minimum absolute atomic E-state index is 0.0301. The zero-order valence-electron chi connectivity index (χ0n) is 41.6. The highest BCUT2D eigenvalue weighted by Gasteiger charge is 2.20. The van der Waals surface area contributed by atoms with Crippen LogP contribution in [-0.2, 0) is 4.79 Å². The van der Waals surface area contributed by atoms with Crippen molar-refractivity contribution in [3.8, 4) is 0 Å². The Hall–Kier alpha value is -1.91. The molecule has 0 aliphatic rings. The molecular formula is C58H107NO3. The summed E-state index contributed by atoms with van der Waals surface area (Å²) in [4.78, 5) is 12.4. The number of carbonyl (C=O) groups is 1. The lowest BCUT2D eigenvalue weighted by Gasteiger charge is -2.22. The molecule has 0 aromatic heterocycles. The molecule has 0 aliphatic carbocycles. The van der Waals surface area contributed by atoms with E-state index in [1.165, 1.54) is 199 Å². The molecule has 2 unspecified atom stereocenters. The molecule has 0 fully saturated rings. The molecule has 4 nitrogen and oxygen atoms in total. The van der Waals surface area contributed by atoms with Crippen LogP contribution in [0.2, 0.25) is 0 Å². The lowest BCUT2D eigenvalue weighted by atomic mass is 10.0. The summed E-state index contributed by atoms with van der Waals surface area (Å²) in [6.45, 7) is 4.23. The smallest absolute Gasteiger partial charge is 0.220 e. The maximum Gasteiger partial charge on any atom is 0.220 e. The van der Waals surface area contributed by atoms with Gasteiger partial charge in [-0.1, -0.05) is 280 Å². The van der Waals surface area contributed by atoms with Crippen molar-refractivity contribution in [1.82, 2.24) is 5.32 Å². The van der Waals surface area contributed by atoms with E-state index in [1.807, 2.05) is 0 Å². The van der Waals surface area contributed by atoms with Crippen LogP contribution in [0.5, 0.6) is 0 Å². The molecule has 0 bridgehead atoms. The maximum atomic E-state index is 12.4. The third-order valence-corrected chi connectivity index (χ3v) is 12.5. The van der Waals surface area contributed by atoms with Crippen molar-refractivity contribution in [3.05, 3.63) is 60.8 Å². The lowest BCUT2D eigenvalue weighted by Crippen LogP contribution is -2.45. The molecule has 0 spiro atoms. The third kappa shape index (κ3) is 49.1. The van der Waals surface area contributed by atoms with E-state index in [4.69, 9.17) is 0 Å². The van der Waals surface area contributed by atoms with Gasteiger partial charge >= 0.3 is 0 Å². The number of unbranched alkanes of at least 4 members (excludes halogenated alkanes) is 33. The Morgan fingerprint density at radius 2 is 0.710 bits per heavy atom. The van der Waals surface area contributed by atoms with Gasteiger partial charge in [-0.15, -0.1) is 0 Å². The Bertz CT molecular complexity index is 1030. The maximum absolute atomic E-state index is 12.4. The van der Waals surface area contributed by atoms with Crippen molar-refractivity contribution in [3.63, 3.8) is 0 Å². The fourth-order valence-electron chi connectivity index (χ4n) is 8.39. The molecule has 0 saturated carbocycles. The molecule has 4 heteroatoms. The topological polar surface area (TPSA) is 69.6 Å². The fraction of sp³-hybridized carbons (Fsp3) is 0.810. The first-order valence-electron chi connectivity index (χ1n) is 27.5. The van der Waals surface area contributed by atoms with Gasteiger partial charge in [0.2, 0.25) is 5.91 Å². The summed E-state index contributed by atoms with van der Waals surface area (Å²) in [7, 11) is 0. The van der Waals surface area contributed by atoms with Crippen LogP contribution in [-0.4, -0.2) is 34.9 Å². The van der Waals surface area contributed by atoms with Gasteiger partial charge in [0, 0.05) is 6.42 Å². The first-order valence-corrected chi connectivity index (χ1v) is 27.5. The van der Waals surface area contributed by atoms with E-state index in [0.717, 1.165) is 57.8 Å². The van der Waals surface area contributed by atoms with Crippen LogP contribution < -0.4 is 5.32 Å². The molecular weight excluding hydrogens is 759 g/mol. The van der Waals surface area contributed by atoms with Gasteiger partial charge in [0.15, 0.2) is 0 Å². The largest absolute Gasteiger partial charge is 0.394 e. The first-order chi connectivity index (χ1) is 30.7. The Labute approximate surface area is 387 Å². The highest BCUT2D eigenvalue weighted by molar-refractivity contribution is 5.76. The van der Waals surface area contributed by atoms with Gasteiger partial charge in [0.25, 0.3) is 0 Å². The second-order valence-electron chi connectivity index (χ2n) is 18.6. The van der Waals surface area contributed by atoms with Gasteiger partial charge in [0.05, 0.1) is 18.8 Å². The van der Waals surface area contributed by atoms with E-state index in [-0.39, 0.29) is 12.5 Å². The Morgan fingerprint density at radius 1 is 0.403 bits per heavy atom. The predicted molar refractivity (Wildman–Crippen MR) is 276 cm³/mol. The number of hydrogen-bond acceptors (Lipinski definition) is 3. The molecule has 0 aliphatic heterocycles. The zero-order valence-corrected chi connectivity index (χ0v) is 41.6. The van der Waals surface area contributed by atoms with Crippen LogP contribution in [0.4, 0.5) is 0 Å². The second kappa shape index (κ2) is 53.4. The Kier molecular flexibility index (Phi) is 51.8. The number of rotatable bonds is 50. The summed E-state index contributed by atoms with van der Waals surface area (Å²) in [6.07, 6.45) is 75.2. The highest BCUT2D eigenvalue weighted by atomic mass is 16.3. The second-order valence-corrected chi connectivity index (χ2v) is 18.6. The molecule has 0 aromatic rings. The van der Waals surface area contributed by atoms with Crippen LogP contribution >= 0.6 is 0 Å². The third-order valence-electron chi connectivity index (χ3n) is 12.5. The van der Waals surface area contributed by atoms with Gasteiger partial charge < -0.3 is 15.5 Å². The van der Waals surface area contributed by atoms with Crippen LogP contribution in [0, 0.1) is 0 Å². The Balaban J connectivity index is 3.35. The van der Waals surface area contributed by atoms with Gasteiger partial charge in [-0.2, -0.15) is 0 Å². The number of aliphatic hydroxyl groups is 2. The van der Waals surface area contributed by atoms with Crippen molar-refractivity contribution in [2.45, 2.75) is 296 Å². The van der Waals surface area contributed by atoms with Crippen molar-refractivity contribution >= 4 is 5.91 Å². The summed E-state index contributed by atoms with van der Waals surface area (Å²) in [5, 5.41) is 23.1. The number of hydrogen-bond donors (Lipinski definition) is 3. The lowest BCUT2D eigenvalue weighted by molar-refractivity contribution is -0.123. The quantitative estimate of drug-likeness (QED) is 0.0421. The molecule has 2 atom stereocenters. The van der Waals surface area contributed by atoms with Crippen LogP contribution in [0.15, 0.2) is 60.8 Å². The van der Waals surface area contributed by atoms with Crippen LogP contribution in [0.1, 0.15) is 284 Å². The molecule has 362 valence electrons. The zero-order chi connectivity index (χ0) is 44.9. The predicted octanol–water partition coefficient (Wildman–Crippen LogP) is 18.0. The summed E-state index contributed by atoms with van der Waals surface area (Å²) in [6, 6.07) is -0.532. The van der Waals surface area contributed by atoms with E-state index in [1.54, 1.807) is 0 Å². The summed E-state index contributed by atoms with van der Waals surface area (Å²) in [5.41, 5.74) is 0. The Morgan fingerprint density at radius 3 is 1.06 bits per heavy atom. The normalized spacial score (nSPS) is 13.3. The monoisotopic (exact) mass is 866 g/mol. The van der Waals surface area contributed by atoms with Crippen molar-refractivity contribution in [2.75, 3.05) is 6.61 Å². The molecule has 0 saturated heterocycles. The molecule has 0 radical (unpaired) electrons. The van der Waals surface area contributed by atoms with Gasteiger partial charge in [-0.05, 0) is 57.8 Å². The molecule has 3 N–H and O–H groups in total. The van der Waals surface area contributed by atoms with E-state index in [2.05, 4.69) is 79.9 Å². The van der Waals surface area contributed by atoms with Gasteiger partial charge in [-0.3, -0.25) is 4.79 Å². The standard InChI is InChI=1S/C58H107NO3/c1-3-5-7-9-11-13-14-15-16-17-18-19-20-21-22-23-24-25-26-27-28-29-30-31-32-33-34-35-36-37-38-39-40-41-42-43-44-46-48-50-52-54-58(62)59-56(55-60)57(61)53-51-49-47-45-12-10-8-6-4-2/h5,7,11,13,15-16,18-19,21-22,56-57,60-61H,3-4,6,8-10,12,14,17,20,23-55H2,1-2H3,(H,59,62)/b7-5-,13-11-,16-15-,19-18-,22-21-. The average molecular weight is 866 g/mol. The average Bonchev–Trinajstić information content (AvgIpc) is 3.28. The SMILES string of the molecule is CC/C=C\C/C=C\C/C=C\C/C=C\C/C=C\CCCCCCCCCCCCCCCCCCCCCCCCCCCC(=O)NC(CO)C(O)CCCCCCCCCCC. The number of amides is 1. The van der Waals surface area contributed by atoms with Gasteiger partial charge in [0.1, 0.15) is 0 Å². The minimum atomic E-state index is -0.655. The van der Waals surface area contributed by atoms with E-state index >= 15 is 0 Å². The van der Waals surface area contributed by atoms with Gasteiger partial charge in [-0.25, -0.2) is 0 Å². The fourth-order valence-corrected chi connectivity index (χ4v) is 8.39. The van der Waals surface area contributed by atoms with Crippen molar-refractivity contribution in [2.24, 2.45) is 0 Å². The minimum Gasteiger partial charge on any atom is -0.394 e. The van der Waals surface area contributed by atoms with Crippen molar-refractivity contribution < 1.29 is 15.0 Å². The summed E-state index contributed by atoms with van der Waals surface area (Å²) < 4.78 is 0. The molecule has 0 aromatic carbocycles. The number of carbonyl (C=O) groups excluding carboxylic acids is 1. The van der Waals surface area contributed by atoms with E-state index in [9.17, 15) is 15.0 Å². The summed E-state index contributed by atoms with van der Waals surface area (Å²) in [5.74, 6) is -0.0301. The van der Waals surface area contributed by atoms with E-state index < -0.39 is 12.1 Å². The van der Waals surface area contributed by atoms with Crippen LogP contribution in [0.3, 0.4) is 0 Å². The van der Waals surface area contributed by atoms with Crippen molar-refractivity contribution in [1.29, 1.82) is 0 Å². The highest BCUT2D eigenvalue weighted by Crippen LogP contribution is 2.17. The van der Waals surface area contributed by atoms with E-state index in [0.29, 0.717) is 12.8 Å². The number of aliphatic hydroxyl groups excluding tert-OH is 2. The first kappa shape index (κ1) is 60.1. The molecule has 62 heavy (non-hydrogen) atoms. The van der Waals surface area contributed by atoms with Crippen LogP contribution in [0.25, 0.3) is 0 Å². The number of allylic oxidation sites excluding steroid dienone is 10. The summed E-state index contributed by atoms with van der Waals surface area (Å²) >= 11 is 0. The number of nitrogens with one attached hydrogen (secondary N) is 1. The molecule has 0 heterocycles. The molecule has 1 amide bonds.